The Hall–Kier alpha value is -2.86. The summed E-state index contributed by atoms with van der Waals surface area (Å²) in [6.07, 6.45) is 1.82. The summed E-state index contributed by atoms with van der Waals surface area (Å²) in [5, 5.41) is 8.84. The van der Waals surface area contributed by atoms with Crippen molar-refractivity contribution in [2.45, 2.75) is 31.8 Å². The first-order valence-corrected chi connectivity index (χ1v) is 10.2. The van der Waals surface area contributed by atoms with E-state index >= 15 is 0 Å². The molecule has 1 N–H and O–H groups in total. The molecule has 0 aliphatic carbocycles. The number of fused-ring (bicyclic) bond motifs is 2. The predicted octanol–water partition coefficient (Wildman–Crippen LogP) is 3.79. The minimum atomic E-state index is -1.21. The molecule has 0 bridgehead atoms. The zero-order valence-electron chi connectivity index (χ0n) is 16.4. The number of benzene rings is 2. The van der Waals surface area contributed by atoms with Gasteiger partial charge in [-0.15, -0.1) is 0 Å². The Balaban J connectivity index is 1.45. The average molecular weight is 394 g/mol. The van der Waals surface area contributed by atoms with Gasteiger partial charge >= 0.3 is 6.16 Å². The Kier molecular flexibility index (Phi) is 5.81. The maximum atomic E-state index is 13.3. The minimum Gasteiger partial charge on any atom is -0.450 e. The van der Waals surface area contributed by atoms with E-state index < -0.39 is 6.16 Å². The third-order valence-electron chi connectivity index (χ3n) is 5.74. The Morgan fingerprint density at radius 2 is 1.83 bits per heavy atom. The highest BCUT2D eigenvalue weighted by molar-refractivity contribution is 6.08. The van der Waals surface area contributed by atoms with E-state index in [2.05, 4.69) is 11.0 Å². The van der Waals surface area contributed by atoms with Crippen LogP contribution < -0.4 is 4.90 Å². The topological polar surface area (TPSA) is 70.1 Å². The normalized spacial score (nSPS) is 19.2. The molecule has 1 fully saturated rings. The largest absolute Gasteiger partial charge is 0.506 e. The standard InChI is InChI=1S/C23H26N2O4/c26-22-20-10-3-1-7-17(20)15-18-8-2-4-11-21(18)25(22)14-6-13-24-12-5-9-19(16-24)29-23(27)28/h1-4,7-8,10-11,19H,5-6,9,12-16H2,(H,27,28). The van der Waals surface area contributed by atoms with Crippen LogP contribution in [0.5, 0.6) is 0 Å². The maximum Gasteiger partial charge on any atom is 0.506 e. The van der Waals surface area contributed by atoms with Crippen LogP contribution in [0.25, 0.3) is 0 Å². The highest BCUT2D eigenvalue weighted by atomic mass is 16.7. The fourth-order valence-electron chi connectivity index (χ4n) is 4.40. The molecule has 1 amide bonds. The van der Waals surface area contributed by atoms with Gasteiger partial charge in [-0.3, -0.25) is 9.69 Å². The van der Waals surface area contributed by atoms with E-state index in [1.165, 1.54) is 5.56 Å². The summed E-state index contributed by atoms with van der Waals surface area (Å²) in [6.45, 7) is 3.00. The van der Waals surface area contributed by atoms with Crippen LogP contribution in [0.2, 0.25) is 0 Å². The fourth-order valence-corrected chi connectivity index (χ4v) is 4.40. The molecule has 4 rings (SSSR count). The van der Waals surface area contributed by atoms with Gasteiger partial charge in [-0.25, -0.2) is 4.79 Å². The lowest BCUT2D eigenvalue weighted by Crippen LogP contribution is -2.42. The van der Waals surface area contributed by atoms with Crippen LogP contribution in [0, 0.1) is 0 Å². The van der Waals surface area contributed by atoms with Gasteiger partial charge in [0, 0.05) is 30.8 Å². The predicted molar refractivity (Wildman–Crippen MR) is 111 cm³/mol. The first-order chi connectivity index (χ1) is 14.1. The molecule has 6 heteroatoms. The third kappa shape index (κ3) is 4.43. The summed E-state index contributed by atoms with van der Waals surface area (Å²) in [5.41, 5.74) is 3.99. The van der Waals surface area contributed by atoms with Crippen molar-refractivity contribution in [3.8, 4) is 0 Å². The minimum absolute atomic E-state index is 0.0521. The number of hydrogen-bond acceptors (Lipinski definition) is 4. The molecule has 2 aliphatic heterocycles. The number of para-hydroxylation sites is 1. The van der Waals surface area contributed by atoms with Gasteiger partial charge < -0.3 is 14.7 Å². The monoisotopic (exact) mass is 394 g/mol. The van der Waals surface area contributed by atoms with Gasteiger partial charge in [-0.2, -0.15) is 0 Å². The summed E-state index contributed by atoms with van der Waals surface area (Å²) in [5.74, 6) is 0.0521. The van der Waals surface area contributed by atoms with Gasteiger partial charge in [0.1, 0.15) is 6.10 Å². The number of ether oxygens (including phenoxy) is 1. The number of hydrogen-bond donors (Lipinski definition) is 1. The third-order valence-corrected chi connectivity index (χ3v) is 5.74. The number of piperidine rings is 1. The van der Waals surface area contributed by atoms with E-state index in [-0.39, 0.29) is 12.0 Å². The second-order valence-electron chi connectivity index (χ2n) is 7.72. The van der Waals surface area contributed by atoms with Crippen LogP contribution in [-0.4, -0.2) is 54.4 Å². The molecule has 1 unspecified atom stereocenters. The van der Waals surface area contributed by atoms with E-state index in [1.807, 2.05) is 47.4 Å². The van der Waals surface area contributed by atoms with E-state index in [0.29, 0.717) is 13.1 Å². The smallest absolute Gasteiger partial charge is 0.450 e. The van der Waals surface area contributed by atoms with Crippen LogP contribution in [0.1, 0.15) is 40.7 Å². The number of carboxylic acid groups (broad SMARTS) is 1. The lowest BCUT2D eigenvalue weighted by molar-refractivity contribution is 0.0134. The number of rotatable bonds is 5. The molecular weight excluding hydrogens is 368 g/mol. The van der Waals surface area contributed by atoms with Gasteiger partial charge in [-0.1, -0.05) is 36.4 Å². The molecule has 0 spiro atoms. The van der Waals surface area contributed by atoms with E-state index in [1.54, 1.807) is 0 Å². The second-order valence-corrected chi connectivity index (χ2v) is 7.72. The molecule has 29 heavy (non-hydrogen) atoms. The van der Waals surface area contributed by atoms with Gasteiger partial charge in [-0.05, 0) is 55.6 Å². The highest BCUT2D eigenvalue weighted by Gasteiger charge is 2.27. The van der Waals surface area contributed by atoms with Crippen molar-refractivity contribution in [3.63, 3.8) is 0 Å². The van der Waals surface area contributed by atoms with Gasteiger partial charge in [0.2, 0.25) is 0 Å². The second kappa shape index (κ2) is 8.66. The van der Waals surface area contributed by atoms with Crippen LogP contribution in [0.4, 0.5) is 10.5 Å². The zero-order valence-corrected chi connectivity index (χ0v) is 16.4. The average Bonchev–Trinajstić information content (AvgIpc) is 2.83. The highest BCUT2D eigenvalue weighted by Crippen LogP contribution is 2.30. The number of likely N-dealkylation sites (tertiary alicyclic amines) is 1. The Morgan fingerprint density at radius 3 is 2.66 bits per heavy atom. The molecule has 0 saturated carbocycles. The molecule has 2 heterocycles. The molecular formula is C23H26N2O4. The van der Waals surface area contributed by atoms with Crippen molar-refractivity contribution < 1.29 is 19.4 Å². The van der Waals surface area contributed by atoms with E-state index in [9.17, 15) is 9.59 Å². The number of amides is 1. The van der Waals surface area contributed by atoms with Crippen LogP contribution in [0.15, 0.2) is 48.5 Å². The molecule has 0 radical (unpaired) electrons. The van der Waals surface area contributed by atoms with Gasteiger partial charge in [0.25, 0.3) is 5.91 Å². The van der Waals surface area contributed by atoms with Crippen molar-refractivity contribution in [1.29, 1.82) is 0 Å². The summed E-state index contributed by atoms with van der Waals surface area (Å²) >= 11 is 0. The quantitative estimate of drug-likeness (QED) is 0.782. The van der Waals surface area contributed by atoms with Gasteiger partial charge in [0.05, 0.1) is 0 Å². The van der Waals surface area contributed by atoms with E-state index in [0.717, 1.165) is 55.6 Å². The molecule has 152 valence electrons. The molecule has 6 nitrogen and oxygen atoms in total. The Morgan fingerprint density at radius 1 is 1.07 bits per heavy atom. The van der Waals surface area contributed by atoms with Crippen LogP contribution in [-0.2, 0) is 11.2 Å². The van der Waals surface area contributed by atoms with Crippen molar-refractivity contribution >= 4 is 17.7 Å². The zero-order chi connectivity index (χ0) is 20.2. The number of nitrogens with zero attached hydrogens (tertiary/aromatic N) is 2. The lowest BCUT2D eigenvalue weighted by atomic mass is 10.0. The molecule has 2 aromatic rings. The molecule has 1 atom stereocenters. The molecule has 0 aromatic heterocycles. The summed E-state index contributed by atoms with van der Waals surface area (Å²) in [7, 11) is 0. The lowest BCUT2D eigenvalue weighted by Gasteiger charge is -2.32. The Bertz CT molecular complexity index is 898. The summed E-state index contributed by atoms with van der Waals surface area (Å²) in [6, 6.07) is 16.0. The fraction of sp³-hybridized carbons (Fsp3) is 0.391. The Labute approximate surface area is 170 Å². The first-order valence-electron chi connectivity index (χ1n) is 10.2. The maximum absolute atomic E-state index is 13.3. The molecule has 2 aromatic carbocycles. The number of carbonyl (C=O) groups is 2. The van der Waals surface area contributed by atoms with Crippen LogP contribution in [0.3, 0.4) is 0 Å². The van der Waals surface area contributed by atoms with Crippen molar-refractivity contribution in [3.05, 3.63) is 65.2 Å². The van der Waals surface area contributed by atoms with Crippen molar-refractivity contribution in [1.82, 2.24) is 4.90 Å². The summed E-state index contributed by atoms with van der Waals surface area (Å²) in [4.78, 5) is 28.2. The van der Waals surface area contributed by atoms with E-state index in [4.69, 9.17) is 9.84 Å². The SMILES string of the molecule is O=C(O)OC1CCCN(CCCN2C(=O)c3ccccc3Cc3ccccc32)C1. The summed E-state index contributed by atoms with van der Waals surface area (Å²) < 4.78 is 4.95. The molecule has 1 saturated heterocycles. The van der Waals surface area contributed by atoms with Crippen molar-refractivity contribution in [2.24, 2.45) is 0 Å². The molecule has 2 aliphatic rings. The van der Waals surface area contributed by atoms with Gasteiger partial charge in [0.15, 0.2) is 0 Å². The van der Waals surface area contributed by atoms with Crippen molar-refractivity contribution in [2.75, 3.05) is 31.1 Å². The van der Waals surface area contributed by atoms with Crippen LogP contribution >= 0.6 is 0 Å². The first kappa shape index (κ1) is 19.5. The number of carbonyl (C=O) groups excluding carboxylic acids is 1. The number of anilines is 1.